The second-order valence-corrected chi connectivity index (χ2v) is 9.18. The number of hydrogen-bond donors (Lipinski definition) is 0. The van der Waals surface area contributed by atoms with Gasteiger partial charge in [0.15, 0.2) is 17.3 Å². The number of carbonyl (C=O) groups is 2. The topological polar surface area (TPSA) is 71.1 Å². The van der Waals surface area contributed by atoms with Gasteiger partial charge in [-0.25, -0.2) is 0 Å². The molecule has 0 spiro atoms. The van der Waals surface area contributed by atoms with Crippen LogP contribution in [0.5, 0.6) is 17.2 Å². The molecule has 2 aromatic rings. The molecule has 0 amide bonds. The van der Waals surface area contributed by atoms with Crippen molar-refractivity contribution in [3.8, 4) is 28.4 Å². The third kappa shape index (κ3) is 5.21. The predicted octanol–water partition coefficient (Wildman–Crippen LogP) is 4.95. The number of ether oxygens (including phenoxy) is 4. The van der Waals surface area contributed by atoms with Gasteiger partial charge < -0.3 is 18.9 Å². The normalized spacial score (nSPS) is 13.0. The number of methoxy groups -OCH3 is 2. The Bertz CT molecular complexity index is 998. The molecular weight excluding hydrogens is 428 g/mol. The van der Waals surface area contributed by atoms with Crippen LogP contribution in [0.25, 0.3) is 11.1 Å². The van der Waals surface area contributed by atoms with Crippen LogP contribution in [0, 0.1) is 0 Å². The lowest BCUT2D eigenvalue weighted by molar-refractivity contribution is -0.158. The number of benzene rings is 2. The first kappa shape index (κ1) is 24.0. The minimum Gasteiger partial charge on any atom is -0.493 e. The van der Waals surface area contributed by atoms with E-state index in [0.717, 1.165) is 22.3 Å². The van der Waals surface area contributed by atoms with Gasteiger partial charge in [-0.05, 0) is 49.8 Å². The lowest BCUT2D eigenvalue weighted by atomic mass is 9.95. The van der Waals surface area contributed by atoms with Crippen LogP contribution in [0.15, 0.2) is 30.3 Å². The second kappa shape index (κ2) is 10.3. The average molecular weight is 459 g/mol. The Labute approximate surface area is 193 Å². The van der Waals surface area contributed by atoms with E-state index in [-0.39, 0.29) is 18.4 Å². The zero-order valence-corrected chi connectivity index (χ0v) is 20.1. The van der Waals surface area contributed by atoms with Gasteiger partial charge >= 0.3 is 5.97 Å². The van der Waals surface area contributed by atoms with Gasteiger partial charge in [-0.1, -0.05) is 18.2 Å². The molecule has 0 fully saturated rings. The van der Waals surface area contributed by atoms with Crippen LogP contribution < -0.4 is 14.2 Å². The van der Waals surface area contributed by atoms with E-state index < -0.39 is 5.60 Å². The Balaban J connectivity index is 1.96. The fourth-order valence-corrected chi connectivity index (χ4v) is 4.19. The van der Waals surface area contributed by atoms with E-state index >= 15 is 0 Å². The molecule has 0 heterocycles. The minimum absolute atomic E-state index is 0.127. The molecule has 6 nitrogen and oxygen atoms in total. The number of carbonyl (C=O) groups excluding carboxylic acids is 2. The van der Waals surface area contributed by atoms with Crippen molar-refractivity contribution in [1.82, 2.24) is 0 Å². The summed E-state index contributed by atoms with van der Waals surface area (Å²) in [7, 11) is 3.12. The molecule has 0 atom stereocenters. The Morgan fingerprint density at radius 3 is 2.44 bits per heavy atom. The fraction of sp³-hybridized carbons (Fsp3) is 0.440. The van der Waals surface area contributed by atoms with Gasteiger partial charge in [-0.15, -0.1) is 0 Å². The molecule has 1 aliphatic carbocycles. The Morgan fingerprint density at radius 2 is 1.75 bits per heavy atom. The van der Waals surface area contributed by atoms with Crippen molar-refractivity contribution in [3.63, 3.8) is 0 Å². The van der Waals surface area contributed by atoms with Gasteiger partial charge in [0.25, 0.3) is 0 Å². The molecule has 172 valence electrons. The lowest BCUT2D eigenvalue weighted by Gasteiger charge is -2.27. The highest BCUT2D eigenvalue weighted by atomic mass is 32.2. The largest absolute Gasteiger partial charge is 0.493 e. The first-order valence-electron chi connectivity index (χ1n) is 10.5. The van der Waals surface area contributed by atoms with Crippen molar-refractivity contribution in [2.24, 2.45) is 0 Å². The van der Waals surface area contributed by atoms with E-state index in [1.807, 2.05) is 50.4 Å². The number of Topliss-reactive ketones (excluding diaryl/α,β-unsaturated/α-hetero) is 1. The second-order valence-electron chi connectivity index (χ2n) is 8.20. The molecule has 0 N–H and O–H groups in total. The average Bonchev–Trinajstić information content (AvgIpc) is 3.16. The van der Waals surface area contributed by atoms with Crippen molar-refractivity contribution in [3.05, 3.63) is 41.5 Å². The molecule has 0 unspecified atom stereocenters. The molecule has 0 aromatic heterocycles. The molecular formula is C25H30O6S. The van der Waals surface area contributed by atoms with Crippen LogP contribution in [0.4, 0.5) is 0 Å². The highest BCUT2D eigenvalue weighted by molar-refractivity contribution is 7.98. The van der Waals surface area contributed by atoms with E-state index in [1.54, 1.807) is 26.0 Å². The molecule has 0 aliphatic heterocycles. The van der Waals surface area contributed by atoms with Crippen LogP contribution in [0.2, 0.25) is 0 Å². The molecule has 0 saturated heterocycles. The van der Waals surface area contributed by atoms with Crippen molar-refractivity contribution >= 4 is 23.5 Å². The number of hydrogen-bond acceptors (Lipinski definition) is 7. The zero-order valence-electron chi connectivity index (χ0n) is 19.3. The Morgan fingerprint density at radius 1 is 1.00 bits per heavy atom. The number of ketones is 1. The van der Waals surface area contributed by atoms with Crippen LogP contribution in [0.1, 0.15) is 42.6 Å². The van der Waals surface area contributed by atoms with Crippen LogP contribution in [-0.2, 0) is 16.0 Å². The molecule has 32 heavy (non-hydrogen) atoms. The van der Waals surface area contributed by atoms with Gasteiger partial charge in [-0.3, -0.25) is 9.59 Å². The van der Waals surface area contributed by atoms with E-state index in [9.17, 15) is 9.59 Å². The minimum atomic E-state index is -0.838. The van der Waals surface area contributed by atoms with Gasteiger partial charge in [0.1, 0.15) is 12.2 Å². The number of thioether (sulfide) groups is 1. The van der Waals surface area contributed by atoms with Gasteiger partial charge in [0.2, 0.25) is 5.75 Å². The van der Waals surface area contributed by atoms with Crippen molar-refractivity contribution in [2.75, 3.05) is 32.8 Å². The molecule has 1 aliphatic rings. The summed E-state index contributed by atoms with van der Waals surface area (Å²) in [6, 6.07) is 9.47. The number of fused-ring (bicyclic) bond motifs is 1. The first-order valence-corrected chi connectivity index (χ1v) is 11.9. The van der Waals surface area contributed by atoms with E-state index in [4.69, 9.17) is 18.9 Å². The maximum absolute atomic E-state index is 12.3. The summed E-state index contributed by atoms with van der Waals surface area (Å²) in [4.78, 5) is 24.4. The fourth-order valence-electron chi connectivity index (χ4n) is 3.82. The quantitative estimate of drug-likeness (QED) is 0.466. The predicted molar refractivity (Wildman–Crippen MR) is 126 cm³/mol. The SMILES string of the molecule is COc1ccc(-c2cccc3c2CCC3=O)c(OCC(C)(C)OC(=O)CCSC)c1OC. The number of rotatable bonds is 10. The summed E-state index contributed by atoms with van der Waals surface area (Å²) >= 11 is 1.60. The standard InChI is InChI=1S/C25H30O6S/c1-25(2,31-22(27)13-14-32-5)15-30-23-19(10-12-21(28-3)24(23)29-4)16-7-6-8-18-17(16)9-11-20(18)26/h6-8,10,12H,9,11,13-15H2,1-5H3. The highest BCUT2D eigenvalue weighted by Gasteiger charge is 2.29. The van der Waals surface area contributed by atoms with Crippen LogP contribution in [-0.4, -0.2) is 50.2 Å². The summed E-state index contributed by atoms with van der Waals surface area (Å²) in [5.74, 6) is 2.09. The third-order valence-corrected chi connectivity index (χ3v) is 5.95. The summed E-state index contributed by atoms with van der Waals surface area (Å²) in [5.41, 5.74) is 2.66. The van der Waals surface area contributed by atoms with Gasteiger partial charge in [0.05, 0.1) is 20.6 Å². The van der Waals surface area contributed by atoms with Crippen LogP contribution >= 0.6 is 11.8 Å². The van der Waals surface area contributed by atoms with Gasteiger partial charge in [0, 0.05) is 23.3 Å². The molecule has 7 heteroatoms. The van der Waals surface area contributed by atoms with E-state index in [0.29, 0.717) is 42.3 Å². The smallest absolute Gasteiger partial charge is 0.307 e. The van der Waals surface area contributed by atoms with Crippen molar-refractivity contribution in [2.45, 2.75) is 38.7 Å². The Hall–Kier alpha value is -2.67. The van der Waals surface area contributed by atoms with Gasteiger partial charge in [-0.2, -0.15) is 11.8 Å². The zero-order chi connectivity index (χ0) is 23.3. The molecule has 2 aromatic carbocycles. The molecule has 0 bridgehead atoms. The van der Waals surface area contributed by atoms with E-state index in [1.165, 1.54) is 0 Å². The summed E-state index contributed by atoms with van der Waals surface area (Å²) < 4.78 is 23.0. The summed E-state index contributed by atoms with van der Waals surface area (Å²) in [6.07, 6.45) is 3.50. The summed E-state index contributed by atoms with van der Waals surface area (Å²) in [5, 5.41) is 0. The Kier molecular flexibility index (Phi) is 7.72. The maximum atomic E-state index is 12.3. The third-order valence-electron chi connectivity index (χ3n) is 5.33. The van der Waals surface area contributed by atoms with Crippen molar-refractivity contribution < 1.29 is 28.5 Å². The molecule has 3 rings (SSSR count). The lowest BCUT2D eigenvalue weighted by Crippen LogP contribution is -2.35. The highest BCUT2D eigenvalue weighted by Crippen LogP contribution is 2.46. The summed E-state index contributed by atoms with van der Waals surface area (Å²) in [6.45, 7) is 3.76. The number of esters is 1. The maximum Gasteiger partial charge on any atom is 0.307 e. The van der Waals surface area contributed by atoms with Crippen molar-refractivity contribution in [1.29, 1.82) is 0 Å². The van der Waals surface area contributed by atoms with E-state index in [2.05, 4.69) is 0 Å². The monoisotopic (exact) mass is 458 g/mol. The molecule has 0 radical (unpaired) electrons. The molecule has 0 saturated carbocycles. The van der Waals surface area contributed by atoms with Crippen LogP contribution in [0.3, 0.4) is 0 Å². The first-order chi connectivity index (χ1) is 15.3.